The molecule has 0 aromatic heterocycles. The van der Waals surface area contributed by atoms with Gasteiger partial charge in [0.05, 0.1) is 6.61 Å². The van der Waals surface area contributed by atoms with Crippen LogP contribution in [0.4, 0.5) is 0 Å². The Morgan fingerprint density at radius 1 is 0.950 bits per heavy atom. The van der Waals surface area contributed by atoms with E-state index in [1.54, 1.807) is 0 Å². The number of hydrogen-bond donors (Lipinski definition) is 0. The molecule has 0 atom stereocenters. The quantitative estimate of drug-likeness (QED) is 0.596. The average molecular weight is 284 g/mol. The van der Waals surface area contributed by atoms with Gasteiger partial charge in [0.15, 0.2) is 0 Å². The molecule has 0 unspecified atom stereocenters. The fraction of sp³-hybridized carbons (Fsp3) is 0.118. The van der Waals surface area contributed by atoms with Crippen LogP contribution in [0.5, 0.6) is 5.75 Å². The van der Waals surface area contributed by atoms with E-state index in [1.807, 2.05) is 48.5 Å². The molecule has 0 fully saturated rings. The van der Waals surface area contributed by atoms with Crippen LogP contribution in [-0.4, -0.2) is 11.8 Å². The minimum atomic E-state index is 0.157. The Balaban J connectivity index is 1.66. The van der Waals surface area contributed by atoms with Gasteiger partial charge in [0.2, 0.25) is 0 Å². The smallest absolute Gasteiger partial charge is 0.357 e. The second kappa shape index (κ2) is 8.12. The molecule has 102 valence electrons. The van der Waals surface area contributed by atoms with Gasteiger partial charge in [-0.2, -0.15) is 0 Å². The lowest BCUT2D eigenvalue weighted by atomic mass is 10.2. The van der Waals surface area contributed by atoms with Crippen molar-refractivity contribution in [1.29, 1.82) is 0 Å². The Hall–Kier alpha value is -2.13. The summed E-state index contributed by atoms with van der Waals surface area (Å²) < 4.78 is 10.7. The Morgan fingerprint density at radius 3 is 2.30 bits per heavy atom. The first-order chi connectivity index (χ1) is 9.84. The number of benzene rings is 2. The number of thiocarbonyl (C=S) groups is 1. The monoisotopic (exact) mass is 284 g/mol. The van der Waals surface area contributed by atoms with Crippen LogP contribution in [0.15, 0.2) is 66.7 Å². The van der Waals surface area contributed by atoms with Crippen LogP contribution >= 0.6 is 12.2 Å². The largest absolute Gasteiger partial charge is 0.456 e. The lowest BCUT2D eigenvalue weighted by molar-refractivity contribution is 0.253. The molecule has 0 radical (unpaired) electrons. The minimum absolute atomic E-state index is 0.157. The first kappa shape index (κ1) is 14.3. The highest BCUT2D eigenvalue weighted by molar-refractivity contribution is 7.79. The van der Waals surface area contributed by atoms with Crippen molar-refractivity contribution >= 4 is 23.5 Å². The summed E-state index contributed by atoms with van der Waals surface area (Å²) in [6.45, 7) is 0.509. The van der Waals surface area contributed by atoms with Crippen LogP contribution in [0.3, 0.4) is 0 Å². The van der Waals surface area contributed by atoms with Gasteiger partial charge in [-0.25, -0.2) is 0 Å². The molecule has 0 amide bonds. The first-order valence-corrected chi connectivity index (χ1v) is 6.87. The maximum Gasteiger partial charge on any atom is 0.357 e. The van der Waals surface area contributed by atoms with Crippen LogP contribution < -0.4 is 4.74 Å². The van der Waals surface area contributed by atoms with Gasteiger partial charge in [0, 0.05) is 12.2 Å². The van der Waals surface area contributed by atoms with Gasteiger partial charge in [-0.1, -0.05) is 60.7 Å². The maximum atomic E-state index is 5.36. The maximum absolute atomic E-state index is 5.36. The number of ether oxygens (including phenoxy) is 2. The van der Waals surface area contributed by atoms with Gasteiger partial charge in [-0.15, -0.1) is 0 Å². The molecule has 2 nitrogen and oxygen atoms in total. The second-order valence-corrected chi connectivity index (χ2v) is 4.45. The van der Waals surface area contributed by atoms with Gasteiger partial charge in [0.1, 0.15) is 5.75 Å². The fourth-order valence-electron chi connectivity index (χ4n) is 1.61. The van der Waals surface area contributed by atoms with Crippen LogP contribution in [0.25, 0.3) is 6.08 Å². The van der Waals surface area contributed by atoms with Crippen LogP contribution in [0, 0.1) is 0 Å². The van der Waals surface area contributed by atoms with E-state index in [9.17, 15) is 0 Å². The molecule has 2 aromatic rings. The summed E-state index contributed by atoms with van der Waals surface area (Å²) in [4.78, 5) is 0. The van der Waals surface area contributed by atoms with Crippen molar-refractivity contribution in [2.75, 3.05) is 6.61 Å². The fourth-order valence-corrected chi connectivity index (χ4v) is 1.79. The Kier molecular flexibility index (Phi) is 5.80. The summed E-state index contributed by atoms with van der Waals surface area (Å²) in [7, 11) is 0. The van der Waals surface area contributed by atoms with Crippen LogP contribution in [0.2, 0.25) is 0 Å². The molecule has 0 saturated heterocycles. The van der Waals surface area contributed by atoms with Crippen molar-refractivity contribution in [3.8, 4) is 5.75 Å². The molecule has 0 bridgehead atoms. The third kappa shape index (κ3) is 5.24. The zero-order valence-electron chi connectivity index (χ0n) is 11.1. The van der Waals surface area contributed by atoms with Crippen molar-refractivity contribution in [2.45, 2.75) is 6.42 Å². The van der Waals surface area contributed by atoms with Gasteiger partial charge in [0.25, 0.3) is 0 Å². The van der Waals surface area contributed by atoms with Crippen molar-refractivity contribution in [3.05, 3.63) is 72.3 Å². The van der Waals surface area contributed by atoms with Gasteiger partial charge >= 0.3 is 5.24 Å². The molecule has 3 heteroatoms. The SMILES string of the molecule is S=C(OCC/C=C/c1ccccc1)Oc1ccccc1. The van der Waals surface area contributed by atoms with Crippen LogP contribution in [0.1, 0.15) is 12.0 Å². The summed E-state index contributed by atoms with van der Waals surface area (Å²) in [5, 5.41) is 0.157. The van der Waals surface area contributed by atoms with Crippen molar-refractivity contribution in [3.63, 3.8) is 0 Å². The molecule has 2 rings (SSSR count). The summed E-state index contributed by atoms with van der Waals surface area (Å²) in [6, 6.07) is 19.5. The molecule has 0 aliphatic rings. The number of rotatable bonds is 5. The molecule has 0 spiro atoms. The predicted molar refractivity (Wildman–Crippen MR) is 85.7 cm³/mol. The lowest BCUT2D eigenvalue weighted by Crippen LogP contribution is -2.10. The highest BCUT2D eigenvalue weighted by Crippen LogP contribution is 2.09. The normalized spacial score (nSPS) is 10.4. The molecular formula is C17H16O2S. The second-order valence-electron chi connectivity index (χ2n) is 4.12. The van der Waals surface area contributed by atoms with E-state index in [4.69, 9.17) is 21.7 Å². The summed E-state index contributed by atoms with van der Waals surface area (Å²) in [6.07, 6.45) is 4.90. The third-order valence-corrected chi connectivity index (χ3v) is 2.76. The predicted octanol–water partition coefficient (Wildman–Crippen LogP) is 4.47. The standard InChI is InChI=1S/C17H16O2S/c20-17(19-16-12-5-2-6-13-16)18-14-8-7-11-15-9-3-1-4-10-15/h1-7,9-13H,8,14H2/b11-7+. The van der Waals surface area contributed by atoms with Crippen molar-refractivity contribution in [2.24, 2.45) is 0 Å². The van der Waals surface area contributed by atoms with Gasteiger partial charge < -0.3 is 9.47 Å². The van der Waals surface area contributed by atoms with E-state index in [-0.39, 0.29) is 5.24 Å². The van der Waals surface area contributed by atoms with E-state index < -0.39 is 0 Å². The molecule has 0 aliphatic heterocycles. The summed E-state index contributed by atoms with van der Waals surface area (Å²) in [5.74, 6) is 0.692. The summed E-state index contributed by atoms with van der Waals surface area (Å²) >= 11 is 5.01. The van der Waals surface area contributed by atoms with E-state index in [0.717, 1.165) is 6.42 Å². The molecule has 20 heavy (non-hydrogen) atoms. The first-order valence-electron chi connectivity index (χ1n) is 6.46. The average Bonchev–Trinajstić information content (AvgIpc) is 2.49. The highest BCUT2D eigenvalue weighted by atomic mass is 32.1. The van der Waals surface area contributed by atoms with Gasteiger partial charge in [-0.05, 0) is 24.1 Å². The Morgan fingerprint density at radius 2 is 1.60 bits per heavy atom. The molecule has 0 heterocycles. The third-order valence-electron chi connectivity index (χ3n) is 2.56. The Labute approximate surface area is 124 Å². The number of hydrogen-bond acceptors (Lipinski definition) is 3. The lowest BCUT2D eigenvalue weighted by Gasteiger charge is -2.07. The molecule has 2 aromatic carbocycles. The van der Waals surface area contributed by atoms with Crippen LogP contribution in [-0.2, 0) is 4.74 Å². The zero-order valence-corrected chi connectivity index (χ0v) is 11.9. The zero-order chi connectivity index (χ0) is 14.0. The van der Waals surface area contributed by atoms with Crippen molar-refractivity contribution < 1.29 is 9.47 Å². The molecular weight excluding hydrogens is 268 g/mol. The van der Waals surface area contributed by atoms with E-state index in [0.29, 0.717) is 12.4 Å². The van der Waals surface area contributed by atoms with Crippen molar-refractivity contribution in [1.82, 2.24) is 0 Å². The summed E-state index contributed by atoms with van der Waals surface area (Å²) in [5.41, 5.74) is 1.18. The van der Waals surface area contributed by atoms with E-state index in [1.165, 1.54) is 5.56 Å². The number of para-hydroxylation sites is 1. The topological polar surface area (TPSA) is 18.5 Å². The molecule has 0 saturated carbocycles. The highest BCUT2D eigenvalue weighted by Gasteiger charge is 1.99. The molecule has 0 aliphatic carbocycles. The van der Waals surface area contributed by atoms with E-state index >= 15 is 0 Å². The molecule has 0 N–H and O–H groups in total. The van der Waals surface area contributed by atoms with E-state index in [2.05, 4.69) is 24.3 Å². The minimum Gasteiger partial charge on any atom is -0.456 e. The van der Waals surface area contributed by atoms with Gasteiger partial charge in [-0.3, -0.25) is 0 Å². The Bertz CT molecular complexity index is 550.